The molecule has 0 radical (unpaired) electrons. The van der Waals surface area contributed by atoms with Crippen molar-refractivity contribution < 1.29 is 22.0 Å². The van der Waals surface area contributed by atoms with E-state index in [1.807, 2.05) is 6.07 Å². The van der Waals surface area contributed by atoms with E-state index in [0.29, 0.717) is 17.3 Å². The van der Waals surface area contributed by atoms with Gasteiger partial charge in [-0.3, -0.25) is 4.79 Å². The van der Waals surface area contributed by atoms with Crippen LogP contribution >= 0.6 is 11.8 Å². The first kappa shape index (κ1) is 19.8. The molecule has 0 spiro atoms. The van der Waals surface area contributed by atoms with Crippen molar-refractivity contribution in [2.24, 2.45) is 0 Å². The Morgan fingerprint density at radius 1 is 1.04 bits per heavy atom. The molecule has 0 N–H and O–H groups in total. The molecule has 8 heteroatoms. The molecule has 27 heavy (non-hydrogen) atoms. The number of sulfone groups is 1. The summed E-state index contributed by atoms with van der Waals surface area (Å²) in [6, 6.07) is 15.1. The molecule has 3 rings (SSSR count). The van der Waals surface area contributed by atoms with Gasteiger partial charge in [0.25, 0.3) is 11.7 Å². The predicted molar refractivity (Wildman–Crippen MR) is 102 cm³/mol. The highest BCUT2D eigenvalue weighted by Gasteiger charge is 2.33. The molecule has 2 aromatic rings. The number of alkyl halides is 2. The van der Waals surface area contributed by atoms with Crippen LogP contribution in [0.25, 0.3) is 0 Å². The van der Waals surface area contributed by atoms with E-state index in [-0.39, 0.29) is 35.7 Å². The van der Waals surface area contributed by atoms with Crippen LogP contribution in [-0.4, -0.2) is 43.8 Å². The maximum absolute atomic E-state index is 12.9. The highest BCUT2D eigenvalue weighted by atomic mass is 32.2. The fourth-order valence-corrected chi connectivity index (χ4v) is 5.63. The molecule has 1 saturated heterocycles. The fraction of sp³-hybridized carbons (Fsp3) is 0.316. The van der Waals surface area contributed by atoms with Gasteiger partial charge in [0.2, 0.25) is 0 Å². The van der Waals surface area contributed by atoms with E-state index >= 15 is 0 Å². The van der Waals surface area contributed by atoms with Crippen LogP contribution in [0.5, 0.6) is 0 Å². The first-order valence-electron chi connectivity index (χ1n) is 8.48. The van der Waals surface area contributed by atoms with Crippen LogP contribution in [0, 0.1) is 0 Å². The molecule has 1 unspecified atom stereocenters. The van der Waals surface area contributed by atoms with Crippen LogP contribution in [-0.2, 0) is 9.84 Å². The average molecular weight is 411 g/mol. The lowest BCUT2D eigenvalue weighted by molar-refractivity contribution is 0.0763. The van der Waals surface area contributed by atoms with Crippen molar-refractivity contribution in [1.82, 2.24) is 4.90 Å². The van der Waals surface area contributed by atoms with E-state index in [2.05, 4.69) is 0 Å². The summed E-state index contributed by atoms with van der Waals surface area (Å²) in [7, 11) is -3.41. The van der Waals surface area contributed by atoms with Gasteiger partial charge in [0.05, 0.1) is 16.6 Å². The molecule has 1 amide bonds. The van der Waals surface area contributed by atoms with Crippen molar-refractivity contribution >= 4 is 27.5 Å². The van der Waals surface area contributed by atoms with Gasteiger partial charge in [-0.2, -0.15) is 8.78 Å². The number of hydrogen-bond donors (Lipinski definition) is 0. The maximum Gasteiger partial charge on any atom is 0.288 e. The summed E-state index contributed by atoms with van der Waals surface area (Å²) in [4.78, 5) is 14.5. The lowest BCUT2D eigenvalue weighted by Crippen LogP contribution is -2.34. The van der Waals surface area contributed by atoms with Crippen LogP contribution in [0.4, 0.5) is 8.78 Å². The maximum atomic E-state index is 12.9. The van der Waals surface area contributed by atoms with Gasteiger partial charge in [-0.15, -0.1) is 0 Å². The van der Waals surface area contributed by atoms with E-state index in [9.17, 15) is 22.0 Å². The molecule has 0 aromatic heterocycles. The van der Waals surface area contributed by atoms with Crippen molar-refractivity contribution in [1.29, 1.82) is 0 Å². The Hall–Kier alpha value is -1.93. The molecule has 1 heterocycles. The third-order valence-corrected chi connectivity index (χ3v) is 7.45. The lowest BCUT2D eigenvalue weighted by atomic mass is 10.1. The molecule has 1 aliphatic rings. The predicted octanol–water partition coefficient (Wildman–Crippen LogP) is 4.00. The zero-order valence-corrected chi connectivity index (χ0v) is 16.1. The van der Waals surface area contributed by atoms with Crippen LogP contribution in [0.2, 0.25) is 0 Å². The Morgan fingerprint density at radius 3 is 2.41 bits per heavy atom. The fourth-order valence-electron chi connectivity index (χ4n) is 3.20. The minimum atomic E-state index is -3.41. The minimum Gasteiger partial charge on any atom is -0.338 e. The topological polar surface area (TPSA) is 54.5 Å². The zero-order chi connectivity index (χ0) is 19.4. The number of carbonyl (C=O) groups is 1. The third kappa shape index (κ3) is 4.68. The highest BCUT2D eigenvalue weighted by molar-refractivity contribution is 7.99. The molecule has 0 saturated carbocycles. The molecule has 1 aliphatic heterocycles. The second kappa shape index (κ2) is 8.39. The van der Waals surface area contributed by atoms with Gasteiger partial charge in [0.1, 0.15) is 0 Å². The summed E-state index contributed by atoms with van der Waals surface area (Å²) in [5.41, 5.74) is 0.888. The van der Waals surface area contributed by atoms with Crippen molar-refractivity contribution in [3.63, 3.8) is 0 Å². The highest BCUT2D eigenvalue weighted by Crippen LogP contribution is 2.32. The molecule has 0 bridgehead atoms. The van der Waals surface area contributed by atoms with E-state index < -0.39 is 26.8 Å². The SMILES string of the molecule is O=C(c1ccccc1SC(F)F)N1CCC(c2ccccc2)S(=O)(=O)CC1. The minimum absolute atomic E-state index is 0.0537. The smallest absolute Gasteiger partial charge is 0.288 e. The molecule has 144 valence electrons. The molecular formula is C19H19F2NO3S2. The van der Waals surface area contributed by atoms with Gasteiger partial charge in [-0.1, -0.05) is 54.2 Å². The lowest BCUT2D eigenvalue weighted by Gasteiger charge is -2.21. The Kier molecular flexibility index (Phi) is 6.16. The van der Waals surface area contributed by atoms with Gasteiger partial charge in [-0.05, 0) is 24.1 Å². The van der Waals surface area contributed by atoms with E-state index in [0.717, 1.165) is 0 Å². The number of benzene rings is 2. The van der Waals surface area contributed by atoms with Crippen LogP contribution in [0.1, 0.15) is 27.6 Å². The van der Waals surface area contributed by atoms with Crippen molar-refractivity contribution in [2.75, 3.05) is 18.8 Å². The first-order chi connectivity index (χ1) is 12.9. The normalized spacial score (nSPS) is 19.7. The number of rotatable bonds is 4. The number of carbonyl (C=O) groups excluding carboxylic acids is 1. The van der Waals surface area contributed by atoms with Crippen molar-refractivity contribution in [3.05, 3.63) is 65.7 Å². The number of hydrogen-bond acceptors (Lipinski definition) is 4. The molecule has 1 atom stereocenters. The summed E-state index contributed by atoms with van der Waals surface area (Å²) in [5.74, 6) is -3.20. The number of nitrogens with zero attached hydrogens (tertiary/aromatic N) is 1. The quantitative estimate of drug-likeness (QED) is 0.714. The van der Waals surface area contributed by atoms with Crippen LogP contribution in [0.3, 0.4) is 0 Å². The standard InChI is InChI=1S/C19H19F2NO3S2/c20-19(21)26-16-9-5-4-8-15(16)18(23)22-11-10-17(27(24,25)13-12-22)14-6-2-1-3-7-14/h1-9,17,19H,10-13H2. The summed E-state index contributed by atoms with van der Waals surface area (Å²) in [5, 5.41) is -0.665. The second-order valence-corrected chi connectivity index (χ2v) is 9.56. The van der Waals surface area contributed by atoms with E-state index in [4.69, 9.17) is 0 Å². The van der Waals surface area contributed by atoms with Gasteiger partial charge in [0, 0.05) is 18.0 Å². The first-order valence-corrected chi connectivity index (χ1v) is 11.1. The molecule has 4 nitrogen and oxygen atoms in total. The Bertz CT molecular complexity index is 904. The number of amides is 1. The Morgan fingerprint density at radius 2 is 1.70 bits per heavy atom. The summed E-state index contributed by atoms with van der Waals surface area (Å²) in [6.07, 6.45) is 0.280. The van der Waals surface area contributed by atoms with Crippen molar-refractivity contribution in [3.8, 4) is 0 Å². The van der Waals surface area contributed by atoms with Gasteiger partial charge in [0.15, 0.2) is 9.84 Å². The van der Waals surface area contributed by atoms with E-state index in [1.165, 1.54) is 17.0 Å². The number of halogens is 2. The second-order valence-electron chi connectivity index (χ2n) is 6.22. The molecule has 0 aliphatic carbocycles. The zero-order valence-electron chi connectivity index (χ0n) is 14.4. The summed E-state index contributed by atoms with van der Waals surface area (Å²) < 4.78 is 50.9. The third-order valence-electron chi connectivity index (χ3n) is 4.53. The molecular weight excluding hydrogens is 392 g/mol. The van der Waals surface area contributed by atoms with Gasteiger partial charge >= 0.3 is 0 Å². The van der Waals surface area contributed by atoms with Gasteiger partial charge in [-0.25, -0.2) is 8.42 Å². The Balaban J connectivity index is 1.83. The number of thioether (sulfide) groups is 1. The largest absolute Gasteiger partial charge is 0.338 e. The van der Waals surface area contributed by atoms with Crippen molar-refractivity contribution in [2.45, 2.75) is 22.3 Å². The van der Waals surface area contributed by atoms with Crippen LogP contribution in [0.15, 0.2) is 59.5 Å². The monoisotopic (exact) mass is 411 g/mol. The van der Waals surface area contributed by atoms with E-state index in [1.54, 1.807) is 36.4 Å². The summed E-state index contributed by atoms with van der Waals surface area (Å²) in [6.45, 7) is 0.309. The Labute approximate surface area is 161 Å². The average Bonchev–Trinajstić information content (AvgIpc) is 2.80. The van der Waals surface area contributed by atoms with Gasteiger partial charge < -0.3 is 4.90 Å². The summed E-state index contributed by atoms with van der Waals surface area (Å²) >= 11 is 0.321. The molecule has 2 aromatic carbocycles. The molecule has 1 fully saturated rings. The van der Waals surface area contributed by atoms with Crippen LogP contribution < -0.4 is 0 Å².